The van der Waals surface area contributed by atoms with E-state index in [2.05, 4.69) is 23.5 Å². The van der Waals surface area contributed by atoms with Crippen molar-refractivity contribution in [2.75, 3.05) is 19.8 Å². The highest BCUT2D eigenvalue weighted by atomic mass is 35.5. The van der Waals surface area contributed by atoms with Crippen LogP contribution < -0.4 is 14.8 Å². The average molecular weight is 380 g/mol. The topological polar surface area (TPSA) is 50.7 Å². The minimum atomic E-state index is 0. The highest BCUT2D eigenvalue weighted by Crippen LogP contribution is 2.32. The number of rotatable bonds is 12. The van der Waals surface area contributed by atoms with Crippen molar-refractivity contribution in [1.29, 1.82) is 0 Å². The van der Waals surface area contributed by atoms with E-state index in [1.807, 2.05) is 37.3 Å². The summed E-state index contributed by atoms with van der Waals surface area (Å²) in [6.07, 6.45) is 2.97. The summed E-state index contributed by atoms with van der Waals surface area (Å²) in [5, 5.41) is 12.3. The molecule has 0 aromatic heterocycles. The Bertz CT molecular complexity index is 607. The smallest absolute Gasteiger partial charge is 0.166 e. The van der Waals surface area contributed by atoms with Crippen LogP contribution >= 0.6 is 12.4 Å². The zero-order valence-electron chi connectivity index (χ0n) is 15.4. The van der Waals surface area contributed by atoms with Crippen LogP contribution in [-0.4, -0.2) is 24.9 Å². The summed E-state index contributed by atoms with van der Waals surface area (Å²) in [4.78, 5) is 0. The standard InChI is InChI=1S/C21H29NO3.ClH/c1-2-24-20-13-9-12-19(16-22-14-7-4-8-15-23)21(20)25-17-18-10-5-3-6-11-18;/h3,5-6,9-13,22-23H,2,4,7-8,14-17H2,1H3;1H. The first kappa shape index (κ1) is 22.3. The van der Waals surface area contributed by atoms with Crippen molar-refractivity contribution < 1.29 is 14.6 Å². The maximum Gasteiger partial charge on any atom is 0.166 e. The molecule has 5 heteroatoms. The molecule has 0 saturated heterocycles. The third-order valence-electron chi connectivity index (χ3n) is 3.91. The number of aliphatic hydroxyl groups is 1. The summed E-state index contributed by atoms with van der Waals surface area (Å²) < 4.78 is 11.8. The van der Waals surface area contributed by atoms with E-state index in [1.54, 1.807) is 0 Å². The van der Waals surface area contributed by atoms with Gasteiger partial charge in [0.1, 0.15) is 6.61 Å². The molecule has 2 aromatic rings. The molecular weight excluding hydrogens is 350 g/mol. The van der Waals surface area contributed by atoms with Crippen LogP contribution in [0.2, 0.25) is 0 Å². The Balaban J connectivity index is 0.00000338. The number of hydrogen-bond donors (Lipinski definition) is 2. The molecule has 0 aliphatic rings. The molecular formula is C21H30ClNO3. The molecule has 0 amide bonds. The van der Waals surface area contributed by atoms with E-state index in [9.17, 15) is 0 Å². The molecule has 0 heterocycles. The Morgan fingerprint density at radius 3 is 2.46 bits per heavy atom. The van der Waals surface area contributed by atoms with Gasteiger partial charge in [0.05, 0.1) is 6.61 Å². The van der Waals surface area contributed by atoms with E-state index in [0.29, 0.717) is 13.2 Å². The monoisotopic (exact) mass is 379 g/mol. The molecule has 0 aliphatic heterocycles. The lowest BCUT2D eigenvalue weighted by Crippen LogP contribution is -2.16. The lowest BCUT2D eigenvalue weighted by atomic mass is 10.1. The van der Waals surface area contributed by atoms with Gasteiger partial charge in [-0.1, -0.05) is 42.5 Å². The summed E-state index contributed by atoms with van der Waals surface area (Å²) in [7, 11) is 0. The van der Waals surface area contributed by atoms with Crippen molar-refractivity contribution >= 4 is 12.4 Å². The van der Waals surface area contributed by atoms with E-state index in [-0.39, 0.29) is 19.0 Å². The number of unbranched alkanes of at least 4 members (excludes halogenated alkanes) is 2. The Hall–Kier alpha value is -1.75. The SMILES string of the molecule is CCOc1cccc(CNCCCCCO)c1OCc1ccccc1.Cl. The Labute approximate surface area is 162 Å². The van der Waals surface area contributed by atoms with Crippen molar-refractivity contribution in [2.24, 2.45) is 0 Å². The van der Waals surface area contributed by atoms with Crippen molar-refractivity contribution in [1.82, 2.24) is 5.32 Å². The number of hydrogen-bond acceptors (Lipinski definition) is 4. The van der Waals surface area contributed by atoms with Gasteiger partial charge in [-0.2, -0.15) is 0 Å². The number of nitrogens with one attached hydrogen (secondary N) is 1. The maximum absolute atomic E-state index is 8.82. The molecule has 0 fully saturated rings. The van der Waals surface area contributed by atoms with Crippen LogP contribution in [0.3, 0.4) is 0 Å². The van der Waals surface area contributed by atoms with Gasteiger partial charge in [0.25, 0.3) is 0 Å². The van der Waals surface area contributed by atoms with Crippen LogP contribution in [0.4, 0.5) is 0 Å². The third-order valence-corrected chi connectivity index (χ3v) is 3.91. The lowest BCUT2D eigenvalue weighted by Gasteiger charge is -2.16. The molecule has 2 rings (SSSR count). The van der Waals surface area contributed by atoms with E-state index in [4.69, 9.17) is 14.6 Å². The van der Waals surface area contributed by atoms with Crippen LogP contribution in [0.15, 0.2) is 48.5 Å². The predicted molar refractivity (Wildman–Crippen MR) is 108 cm³/mol. The molecule has 2 aromatic carbocycles. The van der Waals surface area contributed by atoms with Gasteiger partial charge in [-0.3, -0.25) is 0 Å². The van der Waals surface area contributed by atoms with Crippen LogP contribution in [-0.2, 0) is 13.2 Å². The predicted octanol–water partition coefficient (Wildman–Crippen LogP) is 4.34. The molecule has 0 saturated carbocycles. The Morgan fingerprint density at radius 1 is 0.923 bits per heavy atom. The summed E-state index contributed by atoms with van der Waals surface area (Å²) >= 11 is 0. The molecule has 0 bridgehead atoms. The number of benzene rings is 2. The van der Waals surface area contributed by atoms with Gasteiger partial charge in [-0.15, -0.1) is 12.4 Å². The number of halogens is 1. The van der Waals surface area contributed by atoms with Crippen molar-refractivity contribution in [3.63, 3.8) is 0 Å². The summed E-state index contributed by atoms with van der Waals surface area (Å²) in [5.41, 5.74) is 2.24. The van der Waals surface area contributed by atoms with E-state index < -0.39 is 0 Å². The van der Waals surface area contributed by atoms with Gasteiger partial charge in [-0.05, 0) is 44.4 Å². The number of ether oxygens (including phenoxy) is 2. The molecule has 0 unspecified atom stereocenters. The zero-order valence-corrected chi connectivity index (χ0v) is 16.3. The highest BCUT2D eigenvalue weighted by molar-refractivity contribution is 5.85. The minimum absolute atomic E-state index is 0. The maximum atomic E-state index is 8.82. The number of para-hydroxylation sites is 1. The average Bonchev–Trinajstić information content (AvgIpc) is 2.65. The molecule has 0 radical (unpaired) electrons. The molecule has 0 aliphatic carbocycles. The third kappa shape index (κ3) is 7.65. The zero-order chi connectivity index (χ0) is 17.7. The summed E-state index contributed by atoms with van der Waals surface area (Å²) in [6.45, 7) is 5.05. The van der Waals surface area contributed by atoms with Crippen LogP contribution in [0.1, 0.15) is 37.3 Å². The largest absolute Gasteiger partial charge is 0.490 e. The Morgan fingerprint density at radius 2 is 1.73 bits per heavy atom. The van der Waals surface area contributed by atoms with Crippen LogP contribution in [0.25, 0.3) is 0 Å². The fourth-order valence-electron chi connectivity index (χ4n) is 2.62. The Kier molecular flexibility index (Phi) is 11.5. The van der Waals surface area contributed by atoms with Gasteiger partial charge in [0, 0.05) is 18.7 Å². The first-order valence-electron chi connectivity index (χ1n) is 9.08. The molecule has 0 atom stereocenters. The molecule has 26 heavy (non-hydrogen) atoms. The molecule has 144 valence electrons. The van der Waals surface area contributed by atoms with Crippen LogP contribution in [0.5, 0.6) is 11.5 Å². The minimum Gasteiger partial charge on any atom is -0.490 e. The highest BCUT2D eigenvalue weighted by Gasteiger charge is 2.11. The van der Waals surface area contributed by atoms with Crippen molar-refractivity contribution in [2.45, 2.75) is 39.3 Å². The van der Waals surface area contributed by atoms with Gasteiger partial charge in [-0.25, -0.2) is 0 Å². The second-order valence-corrected chi connectivity index (χ2v) is 5.91. The van der Waals surface area contributed by atoms with Crippen molar-refractivity contribution in [3.8, 4) is 11.5 Å². The molecule has 4 nitrogen and oxygen atoms in total. The quantitative estimate of drug-likeness (QED) is 0.539. The van der Waals surface area contributed by atoms with Gasteiger partial charge < -0.3 is 19.9 Å². The number of aliphatic hydroxyl groups excluding tert-OH is 1. The summed E-state index contributed by atoms with van der Waals surface area (Å²) in [5.74, 6) is 1.61. The fourth-order valence-corrected chi connectivity index (χ4v) is 2.62. The van der Waals surface area contributed by atoms with Crippen molar-refractivity contribution in [3.05, 3.63) is 59.7 Å². The molecule has 2 N–H and O–H groups in total. The second-order valence-electron chi connectivity index (χ2n) is 5.91. The van der Waals surface area contributed by atoms with Gasteiger partial charge >= 0.3 is 0 Å². The normalized spacial score (nSPS) is 10.2. The lowest BCUT2D eigenvalue weighted by molar-refractivity contribution is 0.266. The molecule has 0 spiro atoms. The van der Waals surface area contributed by atoms with Gasteiger partial charge in [0.15, 0.2) is 11.5 Å². The summed E-state index contributed by atoms with van der Waals surface area (Å²) in [6, 6.07) is 16.2. The fraction of sp³-hybridized carbons (Fsp3) is 0.429. The van der Waals surface area contributed by atoms with E-state index in [0.717, 1.165) is 55.0 Å². The van der Waals surface area contributed by atoms with Crippen LogP contribution in [0, 0.1) is 0 Å². The first-order chi connectivity index (χ1) is 12.3. The van der Waals surface area contributed by atoms with E-state index in [1.165, 1.54) is 0 Å². The van der Waals surface area contributed by atoms with Gasteiger partial charge in [0.2, 0.25) is 0 Å². The first-order valence-corrected chi connectivity index (χ1v) is 9.08. The second kappa shape index (κ2) is 13.5. The van der Waals surface area contributed by atoms with E-state index >= 15 is 0 Å².